The Labute approximate surface area is 140 Å². The fourth-order valence-electron chi connectivity index (χ4n) is 2.18. The van der Waals surface area contributed by atoms with Gasteiger partial charge in [-0.15, -0.1) is 10.2 Å². The van der Waals surface area contributed by atoms with Gasteiger partial charge in [0.1, 0.15) is 6.61 Å². The molecule has 7 heteroatoms. The van der Waals surface area contributed by atoms with E-state index in [1.165, 1.54) is 6.08 Å². The van der Waals surface area contributed by atoms with Crippen molar-refractivity contribution in [3.05, 3.63) is 59.0 Å². The Hall–Kier alpha value is -2.54. The van der Waals surface area contributed by atoms with Crippen LogP contribution >= 0.6 is 15.9 Å². The van der Waals surface area contributed by atoms with Crippen molar-refractivity contribution < 1.29 is 9.53 Å². The maximum Gasteiger partial charge on any atom is 0.361 e. The van der Waals surface area contributed by atoms with Crippen LogP contribution in [0.25, 0.3) is 16.8 Å². The zero-order valence-electron chi connectivity index (χ0n) is 12.4. The lowest BCUT2D eigenvalue weighted by Crippen LogP contribution is -2.14. The van der Waals surface area contributed by atoms with Crippen LogP contribution < -0.4 is 0 Å². The smallest absolute Gasteiger partial charge is 0.361 e. The van der Waals surface area contributed by atoms with E-state index in [0.717, 1.165) is 15.6 Å². The average Bonchev–Trinajstić information content (AvgIpc) is 2.98. The van der Waals surface area contributed by atoms with E-state index < -0.39 is 5.97 Å². The van der Waals surface area contributed by atoms with Gasteiger partial charge in [0, 0.05) is 10.0 Å². The summed E-state index contributed by atoms with van der Waals surface area (Å²) in [5.41, 5.74) is 3.13. The number of aromatic nitrogens is 4. The standard InChI is InChI=1S/C16H13BrN4O2/c1-3-8-23-16(22)14-10(2)21-15(20-19-14)13(9-18-21)11-4-6-12(17)7-5-11/h3-7,9H,1,8H2,2H3. The van der Waals surface area contributed by atoms with E-state index in [1.807, 2.05) is 24.3 Å². The Morgan fingerprint density at radius 1 is 1.35 bits per heavy atom. The molecule has 0 unspecified atom stereocenters. The van der Waals surface area contributed by atoms with Crippen LogP contribution in [0.15, 0.2) is 47.6 Å². The second-order valence-electron chi connectivity index (χ2n) is 4.82. The highest BCUT2D eigenvalue weighted by Gasteiger charge is 2.18. The molecule has 23 heavy (non-hydrogen) atoms. The molecule has 0 aliphatic rings. The van der Waals surface area contributed by atoms with E-state index in [2.05, 4.69) is 37.8 Å². The molecule has 116 valence electrons. The molecule has 0 fully saturated rings. The summed E-state index contributed by atoms with van der Waals surface area (Å²) in [6.07, 6.45) is 3.21. The third-order valence-electron chi connectivity index (χ3n) is 3.33. The molecule has 0 spiro atoms. The van der Waals surface area contributed by atoms with E-state index in [4.69, 9.17) is 4.74 Å². The monoisotopic (exact) mass is 372 g/mol. The number of aryl methyl sites for hydroxylation is 1. The second-order valence-corrected chi connectivity index (χ2v) is 5.74. The van der Waals surface area contributed by atoms with Gasteiger partial charge in [-0.3, -0.25) is 0 Å². The third kappa shape index (κ3) is 2.87. The van der Waals surface area contributed by atoms with Gasteiger partial charge in [0.05, 0.1) is 11.9 Å². The minimum atomic E-state index is -0.544. The van der Waals surface area contributed by atoms with Crippen LogP contribution in [0, 0.1) is 6.92 Å². The van der Waals surface area contributed by atoms with Crippen LogP contribution in [-0.2, 0) is 4.74 Å². The Balaban J connectivity index is 2.05. The number of carbonyl (C=O) groups excluding carboxylic acids is 1. The summed E-state index contributed by atoms with van der Waals surface area (Å²) in [5.74, 6) is -0.544. The van der Waals surface area contributed by atoms with Crippen molar-refractivity contribution in [1.82, 2.24) is 19.8 Å². The highest BCUT2D eigenvalue weighted by molar-refractivity contribution is 9.10. The Morgan fingerprint density at radius 2 is 2.09 bits per heavy atom. The topological polar surface area (TPSA) is 69.4 Å². The number of hydrogen-bond acceptors (Lipinski definition) is 5. The summed E-state index contributed by atoms with van der Waals surface area (Å²) >= 11 is 3.41. The quantitative estimate of drug-likeness (QED) is 0.519. The number of fused-ring (bicyclic) bond motifs is 1. The van der Waals surface area contributed by atoms with Crippen molar-refractivity contribution >= 4 is 27.5 Å². The lowest BCUT2D eigenvalue weighted by atomic mass is 10.1. The molecule has 0 saturated heterocycles. The van der Waals surface area contributed by atoms with Crippen LogP contribution in [0.1, 0.15) is 16.2 Å². The van der Waals surface area contributed by atoms with Crippen molar-refractivity contribution in [2.45, 2.75) is 6.92 Å². The van der Waals surface area contributed by atoms with E-state index in [9.17, 15) is 4.79 Å². The molecular formula is C16H13BrN4O2. The van der Waals surface area contributed by atoms with E-state index >= 15 is 0 Å². The van der Waals surface area contributed by atoms with Crippen molar-refractivity contribution in [2.24, 2.45) is 0 Å². The van der Waals surface area contributed by atoms with Gasteiger partial charge in [0.25, 0.3) is 0 Å². The second kappa shape index (κ2) is 6.29. The van der Waals surface area contributed by atoms with E-state index in [1.54, 1.807) is 17.6 Å². The largest absolute Gasteiger partial charge is 0.457 e. The Morgan fingerprint density at radius 3 is 2.78 bits per heavy atom. The fraction of sp³-hybridized carbons (Fsp3) is 0.125. The lowest BCUT2D eigenvalue weighted by molar-refractivity contribution is 0.0539. The van der Waals surface area contributed by atoms with Crippen LogP contribution in [0.5, 0.6) is 0 Å². The maximum absolute atomic E-state index is 12.0. The highest BCUT2D eigenvalue weighted by Crippen LogP contribution is 2.25. The van der Waals surface area contributed by atoms with Crippen molar-refractivity contribution in [3.8, 4) is 11.1 Å². The SMILES string of the molecule is C=CCOC(=O)c1nnc2c(-c3ccc(Br)cc3)cnn2c1C. The molecule has 0 saturated carbocycles. The van der Waals surface area contributed by atoms with Crippen molar-refractivity contribution in [1.29, 1.82) is 0 Å². The predicted molar refractivity (Wildman–Crippen MR) is 89.1 cm³/mol. The van der Waals surface area contributed by atoms with E-state index in [0.29, 0.717) is 11.3 Å². The molecule has 2 aromatic heterocycles. The van der Waals surface area contributed by atoms with Gasteiger partial charge < -0.3 is 4.74 Å². The molecule has 0 amide bonds. The van der Waals surface area contributed by atoms with Crippen molar-refractivity contribution in [2.75, 3.05) is 6.61 Å². The Kier molecular flexibility index (Phi) is 4.20. The number of nitrogens with zero attached hydrogens (tertiary/aromatic N) is 4. The average molecular weight is 373 g/mol. The molecule has 0 N–H and O–H groups in total. The molecule has 3 rings (SSSR count). The van der Waals surface area contributed by atoms with Crippen LogP contribution in [0.3, 0.4) is 0 Å². The maximum atomic E-state index is 12.0. The molecule has 2 heterocycles. The molecule has 0 bridgehead atoms. The molecule has 3 aromatic rings. The van der Waals surface area contributed by atoms with Crippen LogP contribution in [0.2, 0.25) is 0 Å². The first-order valence-electron chi connectivity index (χ1n) is 6.87. The van der Waals surface area contributed by atoms with E-state index in [-0.39, 0.29) is 12.3 Å². The molecule has 0 aliphatic heterocycles. The van der Waals surface area contributed by atoms with Crippen LogP contribution in [-0.4, -0.2) is 32.4 Å². The first kappa shape index (κ1) is 15.4. The molecular weight excluding hydrogens is 360 g/mol. The number of halogens is 1. The summed E-state index contributed by atoms with van der Waals surface area (Å²) in [5, 5.41) is 12.5. The summed E-state index contributed by atoms with van der Waals surface area (Å²) in [6, 6.07) is 7.81. The number of ether oxygens (including phenoxy) is 1. The van der Waals surface area contributed by atoms with Gasteiger partial charge in [0.2, 0.25) is 0 Å². The molecule has 6 nitrogen and oxygen atoms in total. The van der Waals surface area contributed by atoms with Gasteiger partial charge in [-0.25, -0.2) is 9.31 Å². The lowest BCUT2D eigenvalue weighted by Gasteiger charge is -2.06. The summed E-state index contributed by atoms with van der Waals surface area (Å²) in [6.45, 7) is 5.39. The normalized spacial score (nSPS) is 10.7. The van der Waals surface area contributed by atoms with Gasteiger partial charge in [0.15, 0.2) is 11.3 Å². The number of benzene rings is 1. The minimum Gasteiger partial charge on any atom is -0.457 e. The molecule has 0 radical (unpaired) electrons. The number of rotatable bonds is 4. The van der Waals surface area contributed by atoms with Crippen molar-refractivity contribution in [3.63, 3.8) is 0 Å². The minimum absolute atomic E-state index is 0.126. The number of carbonyl (C=O) groups is 1. The zero-order valence-corrected chi connectivity index (χ0v) is 13.9. The molecule has 1 aromatic carbocycles. The summed E-state index contributed by atoms with van der Waals surface area (Å²) in [4.78, 5) is 12.0. The zero-order chi connectivity index (χ0) is 16.4. The molecule has 0 aliphatic carbocycles. The number of esters is 1. The van der Waals surface area contributed by atoms with Gasteiger partial charge >= 0.3 is 5.97 Å². The first-order valence-corrected chi connectivity index (χ1v) is 7.66. The highest BCUT2D eigenvalue weighted by atomic mass is 79.9. The summed E-state index contributed by atoms with van der Waals surface area (Å²) in [7, 11) is 0. The van der Waals surface area contributed by atoms with Gasteiger partial charge in [-0.1, -0.05) is 40.7 Å². The van der Waals surface area contributed by atoms with Gasteiger partial charge in [-0.05, 0) is 24.6 Å². The third-order valence-corrected chi connectivity index (χ3v) is 3.86. The molecule has 0 atom stereocenters. The van der Waals surface area contributed by atoms with Gasteiger partial charge in [-0.2, -0.15) is 5.10 Å². The predicted octanol–water partition coefficient (Wildman–Crippen LogP) is 3.21. The summed E-state index contributed by atoms with van der Waals surface area (Å²) < 4.78 is 7.59. The number of hydrogen-bond donors (Lipinski definition) is 0. The fourth-order valence-corrected chi connectivity index (χ4v) is 2.44. The van der Waals surface area contributed by atoms with Crippen LogP contribution in [0.4, 0.5) is 0 Å². The first-order chi connectivity index (χ1) is 11.1. The Bertz CT molecular complexity index is 887.